The largest absolute Gasteiger partial charge is 0.468 e. The van der Waals surface area contributed by atoms with Gasteiger partial charge >= 0.3 is 6.03 Å². The summed E-state index contributed by atoms with van der Waals surface area (Å²) in [6, 6.07) is 26.1. The zero-order chi connectivity index (χ0) is 31.1. The third-order valence-corrected chi connectivity index (χ3v) is 8.62. The van der Waals surface area contributed by atoms with E-state index in [1.165, 1.54) is 0 Å². The zero-order valence-corrected chi connectivity index (χ0v) is 25.7. The highest BCUT2D eigenvalue weighted by Crippen LogP contribution is 2.35. The Labute approximate surface area is 261 Å². The molecule has 4 aromatic rings. The van der Waals surface area contributed by atoms with Crippen molar-refractivity contribution in [3.05, 3.63) is 108 Å². The Bertz CT molecular complexity index is 1600. The van der Waals surface area contributed by atoms with E-state index < -0.39 is 17.6 Å². The van der Waals surface area contributed by atoms with Crippen molar-refractivity contribution in [2.24, 2.45) is 5.73 Å². The van der Waals surface area contributed by atoms with Crippen molar-refractivity contribution >= 4 is 35.3 Å². The number of nitrogens with one attached hydrogen (secondary N) is 3. The van der Waals surface area contributed by atoms with Gasteiger partial charge in [-0.15, -0.1) is 11.8 Å². The van der Waals surface area contributed by atoms with E-state index in [9.17, 15) is 14.4 Å². The molecule has 0 bridgehead atoms. The normalized spacial score (nSPS) is 14.9. The number of anilines is 1. The van der Waals surface area contributed by atoms with Gasteiger partial charge in [0.1, 0.15) is 11.8 Å². The molecule has 0 saturated carbocycles. The number of fused-ring (bicyclic) bond motifs is 1. The van der Waals surface area contributed by atoms with E-state index >= 15 is 0 Å². The topological polar surface area (TPSA) is 130 Å². The van der Waals surface area contributed by atoms with Gasteiger partial charge in [0.2, 0.25) is 5.91 Å². The fourth-order valence-electron chi connectivity index (χ4n) is 5.18. The lowest BCUT2D eigenvalue weighted by molar-refractivity contribution is -0.127. The molecule has 0 saturated heterocycles. The molecule has 0 fully saturated rings. The molecule has 0 aliphatic carbocycles. The highest BCUT2D eigenvalue weighted by Gasteiger charge is 2.33. The summed E-state index contributed by atoms with van der Waals surface area (Å²) in [5, 5.41) is 9.03. The van der Waals surface area contributed by atoms with Crippen molar-refractivity contribution in [3.8, 4) is 11.1 Å². The first-order chi connectivity index (χ1) is 21.2. The Kier molecular flexibility index (Phi) is 9.72. The molecular weight excluding hydrogens is 574 g/mol. The number of carbonyl (C=O) groups excluding carboxylic acids is 3. The molecular formula is C34H37N5O4S. The monoisotopic (exact) mass is 611 g/mol. The van der Waals surface area contributed by atoms with E-state index in [1.807, 2.05) is 98.8 Å². The van der Waals surface area contributed by atoms with Crippen LogP contribution in [0.2, 0.25) is 0 Å². The molecule has 2 heterocycles. The molecule has 3 aromatic carbocycles. The number of nitrogens with two attached hydrogens (primary N) is 1. The number of rotatable bonds is 11. The summed E-state index contributed by atoms with van der Waals surface area (Å²) < 4.78 is 5.39. The van der Waals surface area contributed by atoms with Gasteiger partial charge in [-0.25, -0.2) is 4.79 Å². The summed E-state index contributed by atoms with van der Waals surface area (Å²) in [5.74, 6) is 0.886. The Balaban J connectivity index is 1.30. The number of para-hydroxylation sites is 1. The molecule has 0 unspecified atom stereocenters. The van der Waals surface area contributed by atoms with E-state index in [1.54, 1.807) is 22.9 Å². The summed E-state index contributed by atoms with van der Waals surface area (Å²) in [5.41, 5.74) is 9.47. The zero-order valence-electron chi connectivity index (χ0n) is 24.8. The minimum atomic E-state index is -0.676. The van der Waals surface area contributed by atoms with Gasteiger partial charge < -0.3 is 31.0 Å². The van der Waals surface area contributed by atoms with Crippen LogP contribution in [-0.2, 0) is 29.2 Å². The van der Waals surface area contributed by atoms with Gasteiger partial charge in [0.05, 0.1) is 25.0 Å². The Morgan fingerprint density at radius 1 is 0.977 bits per heavy atom. The predicted molar refractivity (Wildman–Crippen MR) is 173 cm³/mol. The average Bonchev–Trinajstić information content (AvgIpc) is 3.50. The number of nitrogens with zero attached hydrogens (tertiary/aromatic N) is 1. The first-order valence-corrected chi connectivity index (χ1v) is 15.5. The molecule has 9 nitrogen and oxygen atoms in total. The molecule has 1 atom stereocenters. The second-order valence-corrected chi connectivity index (χ2v) is 12.5. The van der Waals surface area contributed by atoms with Crippen LogP contribution in [-0.4, -0.2) is 35.2 Å². The number of hydrogen-bond donors (Lipinski definition) is 4. The molecule has 5 rings (SSSR count). The second-order valence-electron chi connectivity index (χ2n) is 11.4. The lowest BCUT2D eigenvalue weighted by Gasteiger charge is -2.28. The van der Waals surface area contributed by atoms with Crippen LogP contribution in [0.1, 0.15) is 37.2 Å². The SMILES string of the molecule is CC(C)(CC(=O)N[C@@H]1CSc2ccccc2N(Cc2ccc(-c3ccccc3CNC(N)=O)cc2)C1=O)NCc1ccco1. The van der Waals surface area contributed by atoms with E-state index in [2.05, 4.69) is 16.0 Å². The quantitative estimate of drug-likeness (QED) is 0.185. The summed E-state index contributed by atoms with van der Waals surface area (Å²) >= 11 is 1.57. The predicted octanol–water partition coefficient (Wildman–Crippen LogP) is 5.20. The Morgan fingerprint density at radius 2 is 1.73 bits per heavy atom. The maximum atomic E-state index is 14.0. The van der Waals surface area contributed by atoms with Crippen LogP contribution < -0.4 is 26.6 Å². The minimum absolute atomic E-state index is 0.149. The number of benzene rings is 3. The van der Waals surface area contributed by atoms with Crippen LogP contribution in [0.3, 0.4) is 0 Å². The summed E-state index contributed by atoms with van der Waals surface area (Å²) in [4.78, 5) is 41.2. The molecule has 0 spiro atoms. The van der Waals surface area contributed by atoms with Crippen LogP contribution in [0, 0.1) is 0 Å². The van der Waals surface area contributed by atoms with Gasteiger partial charge in [0.25, 0.3) is 5.91 Å². The summed E-state index contributed by atoms with van der Waals surface area (Å²) in [7, 11) is 0. The van der Waals surface area contributed by atoms with E-state index in [0.717, 1.165) is 38.6 Å². The van der Waals surface area contributed by atoms with Crippen molar-refractivity contribution in [1.29, 1.82) is 0 Å². The van der Waals surface area contributed by atoms with Gasteiger partial charge in [-0.3, -0.25) is 9.59 Å². The van der Waals surface area contributed by atoms with Crippen molar-refractivity contribution < 1.29 is 18.8 Å². The van der Waals surface area contributed by atoms with Crippen molar-refractivity contribution in [2.45, 2.75) is 56.4 Å². The maximum Gasteiger partial charge on any atom is 0.312 e. The van der Waals surface area contributed by atoms with Crippen LogP contribution in [0.25, 0.3) is 11.1 Å². The lowest BCUT2D eigenvalue weighted by atomic mass is 9.98. The third kappa shape index (κ3) is 7.89. The molecule has 0 radical (unpaired) electrons. The first-order valence-electron chi connectivity index (χ1n) is 14.5. The van der Waals surface area contributed by atoms with Crippen LogP contribution in [0.4, 0.5) is 10.5 Å². The second kappa shape index (κ2) is 13.8. The minimum Gasteiger partial charge on any atom is -0.468 e. The molecule has 10 heteroatoms. The summed E-state index contributed by atoms with van der Waals surface area (Å²) in [6.07, 6.45) is 1.82. The molecule has 228 valence electrons. The number of amides is 4. The smallest absolute Gasteiger partial charge is 0.312 e. The van der Waals surface area contributed by atoms with Crippen LogP contribution in [0.5, 0.6) is 0 Å². The molecule has 5 N–H and O–H groups in total. The fourth-order valence-corrected chi connectivity index (χ4v) is 6.25. The van der Waals surface area contributed by atoms with Crippen LogP contribution >= 0.6 is 11.8 Å². The number of hydrogen-bond acceptors (Lipinski definition) is 6. The molecule has 1 aliphatic heterocycles. The number of thioether (sulfide) groups is 1. The molecule has 44 heavy (non-hydrogen) atoms. The van der Waals surface area contributed by atoms with E-state index in [4.69, 9.17) is 10.2 Å². The van der Waals surface area contributed by atoms with Crippen molar-refractivity contribution in [2.75, 3.05) is 10.7 Å². The van der Waals surface area contributed by atoms with Crippen molar-refractivity contribution in [1.82, 2.24) is 16.0 Å². The molecule has 4 amide bonds. The third-order valence-electron chi connectivity index (χ3n) is 7.46. The fraction of sp³-hybridized carbons (Fsp3) is 0.265. The highest BCUT2D eigenvalue weighted by atomic mass is 32.2. The van der Waals surface area contributed by atoms with Crippen molar-refractivity contribution in [3.63, 3.8) is 0 Å². The van der Waals surface area contributed by atoms with Gasteiger partial charge in [-0.05, 0) is 60.4 Å². The maximum absolute atomic E-state index is 14.0. The Hall–Kier alpha value is -4.54. The van der Waals surface area contributed by atoms with E-state index in [0.29, 0.717) is 25.4 Å². The number of furan rings is 1. The average molecular weight is 612 g/mol. The lowest BCUT2D eigenvalue weighted by Crippen LogP contribution is -2.51. The highest BCUT2D eigenvalue weighted by molar-refractivity contribution is 7.99. The van der Waals surface area contributed by atoms with Gasteiger partial charge in [-0.1, -0.05) is 60.7 Å². The van der Waals surface area contributed by atoms with Gasteiger partial charge in [0, 0.05) is 29.2 Å². The van der Waals surface area contributed by atoms with Gasteiger partial charge in [0.15, 0.2) is 0 Å². The molecule has 1 aliphatic rings. The number of primary amides is 1. The number of urea groups is 1. The van der Waals surface area contributed by atoms with Crippen LogP contribution in [0.15, 0.2) is 101 Å². The standard InChI is InChI=1S/C34H37N5O4S/c1-34(2,37-20-26-9-7-17-43-26)18-31(40)38-28-22-44-30-12-6-5-11-29(30)39(32(28)41)21-23-13-15-24(16-14-23)27-10-4-3-8-25(27)19-36-33(35)42/h3-17,28,37H,18-22H2,1-2H3,(H,38,40)(H3,35,36,42)/t28-/m1/s1. The van der Waals surface area contributed by atoms with Gasteiger partial charge in [-0.2, -0.15) is 0 Å². The first kappa shape index (κ1) is 30.9. The number of carbonyl (C=O) groups is 3. The summed E-state index contributed by atoms with van der Waals surface area (Å²) in [6.45, 7) is 5.09. The molecule has 1 aromatic heterocycles. The Morgan fingerprint density at radius 3 is 2.48 bits per heavy atom. The van der Waals surface area contributed by atoms with E-state index in [-0.39, 0.29) is 18.2 Å².